The zero-order valence-corrected chi connectivity index (χ0v) is 12.7. The molecule has 2 aliphatic heterocycles. The molecule has 0 aliphatic carbocycles. The van der Waals surface area contributed by atoms with Gasteiger partial charge in [0.2, 0.25) is 11.8 Å². The van der Waals surface area contributed by atoms with Crippen LogP contribution in [0.5, 0.6) is 0 Å². The Morgan fingerprint density at radius 3 is 2.86 bits per heavy atom. The van der Waals surface area contributed by atoms with E-state index >= 15 is 0 Å². The molecule has 2 amide bonds. The number of benzene rings is 1. The number of para-hydroxylation sites is 1. The van der Waals surface area contributed by atoms with Crippen molar-refractivity contribution in [2.45, 2.75) is 25.5 Å². The van der Waals surface area contributed by atoms with Gasteiger partial charge in [-0.2, -0.15) is 0 Å². The van der Waals surface area contributed by atoms with Gasteiger partial charge in [-0.25, -0.2) is 0 Å². The van der Waals surface area contributed by atoms with Gasteiger partial charge < -0.3 is 15.4 Å². The smallest absolute Gasteiger partial charge is 0.241 e. The van der Waals surface area contributed by atoms with Gasteiger partial charge in [0, 0.05) is 18.8 Å². The van der Waals surface area contributed by atoms with Crippen LogP contribution in [0.2, 0.25) is 0 Å². The standard InChI is InChI=1S/C16H21N3O3/c1-11-15(16(17)21)18(8-9-22-11)10-14(20)19-7-6-12-4-2-3-5-13(12)19/h2-5,11,15H,6-10H2,1H3,(H2,17,21)/t11-,15+/m1/s1. The molecule has 0 bridgehead atoms. The van der Waals surface area contributed by atoms with Gasteiger partial charge in [0.15, 0.2) is 0 Å². The zero-order chi connectivity index (χ0) is 15.7. The van der Waals surface area contributed by atoms with E-state index < -0.39 is 11.9 Å². The second-order valence-electron chi connectivity index (χ2n) is 5.82. The van der Waals surface area contributed by atoms with Gasteiger partial charge in [-0.15, -0.1) is 0 Å². The molecule has 1 saturated heterocycles. The quantitative estimate of drug-likeness (QED) is 0.862. The molecule has 2 N–H and O–H groups in total. The minimum atomic E-state index is -0.546. The molecule has 0 aromatic heterocycles. The first-order valence-electron chi connectivity index (χ1n) is 7.61. The second kappa shape index (κ2) is 6.06. The average molecular weight is 303 g/mol. The van der Waals surface area contributed by atoms with Gasteiger partial charge in [0.25, 0.3) is 0 Å². The minimum absolute atomic E-state index is 0.00491. The van der Waals surface area contributed by atoms with E-state index in [4.69, 9.17) is 10.5 Å². The van der Waals surface area contributed by atoms with E-state index in [1.165, 1.54) is 5.56 Å². The summed E-state index contributed by atoms with van der Waals surface area (Å²) in [6, 6.07) is 7.39. The topological polar surface area (TPSA) is 75.9 Å². The molecule has 2 aliphatic rings. The number of hydrogen-bond acceptors (Lipinski definition) is 4. The molecular weight excluding hydrogens is 282 g/mol. The molecule has 0 radical (unpaired) electrons. The number of nitrogens with two attached hydrogens (primary N) is 1. The summed E-state index contributed by atoms with van der Waals surface area (Å²) in [6.07, 6.45) is 0.589. The maximum atomic E-state index is 12.6. The van der Waals surface area contributed by atoms with Gasteiger partial charge in [-0.3, -0.25) is 14.5 Å². The summed E-state index contributed by atoms with van der Waals surface area (Å²) in [7, 11) is 0. The molecule has 1 fully saturated rings. The zero-order valence-electron chi connectivity index (χ0n) is 12.7. The predicted octanol–water partition coefficient (Wildman–Crippen LogP) is 0.150. The van der Waals surface area contributed by atoms with Crippen LogP contribution in [0, 0.1) is 0 Å². The van der Waals surface area contributed by atoms with E-state index in [1.807, 2.05) is 36.1 Å². The molecule has 0 saturated carbocycles. The summed E-state index contributed by atoms with van der Waals surface area (Å²) in [6.45, 7) is 3.75. The summed E-state index contributed by atoms with van der Waals surface area (Å²) < 4.78 is 5.48. The predicted molar refractivity (Wildman–Crippen MR) is 82.5 cm³/mol. The Balaban J connectivity index is 1.73. The number of fused-ring (bicyclic) bond motifs is 1. The number of hydrogen-bond donors (Lipinski definition) is 1. The molecule has 6 heteroatoms. The van der Waals surface area contributed by atoms with Crippen LogP contribution in [-0.4, -0.2) is 55.1 Å². The molecule has 3 rings (SSSR count). The van der Waals surface area contributed by atoms with Crippen molar-refractivity contribution in [2.24, 2.45) is 5.73 Å². The summed E-state index contributed by atoms with van der Waals surface area (Å²) in [5, 5.41) is 0. The van der Waals surface area contributed by atoms with Crippen LogP contribution in [0.3, 0.4) is 0 Å². The number of rotatable bonds is 3. The SMILES string of the molecule is C[C@H]1OCCN(CC(=O)N2CCc3ccccc32)[C@@H]1C(N)=O. The molecule has 0 spiro atoms. The highest BCUT2D eigenvalue weighted by Gasteiger charge is 2.36. The molecule has 6 nitrogen and oxygen atoms in total. The van der Waals surface area contributed by atoms with E-state index in [9.17, 15) is 9.59 Å². The maximum absolute atomic E-state index is 12.6. The Hall–Kier alpha value is -1.92. The summed E-state index contributed by atoms with van der Waals surface area (Å²) >= 11 is 0. The summed E-state index contributed by atoms with van der Waals surface area (Å²) in [4.78, 5) is 27.9. The molecule has 2 heterocycles. The van der Waals surface area contributed by atoms with Crippen molar-refractivity contribution in [1.29, 1.82) is 0 Å². The first-order valence-corrected chi connectivity index (χ1v) is 7.61. The molecule has 118 valence electrons. The third kappa shape index (κ3) is 2.71. The van der Waals surface area contributed by atoms with Gasteiger partial charge in [0.05, 0.1) is 19.3 Å². The van der Waals surface area contributed by atoms with Crippen LogP contribution in [0.25, 0.3) is 0 Å². The van der Waals surface area contributed by atoms with Crippen molar-refractivity contribution in [3.05, 3.63) is 29.8 Å². The van der Waals surface area contributed by atoms with Crippen molar-refractivity contribution >= 4 is 17.5 Å². The van der Waals surface area contributed by atoms with Crippen molar-refractivity contribution in [3.8, 4) is 0 Å². The fourth-order valence-electron chi connectivity index (χ4n) is 3.33. The van der Waals surface area contributed by atoms with Crippen LogP contribution in [0.1, 0.15) is 12.5 Å². The van der Waals surface area contributed by atoms with Crippen molar-refractivity contribution < 1.29 is 14.3 Å². The molecule has 1 aromatic rings. The Morgan fingerprint density at radius 1 is 1.32 bits per heavy atom. The van der Waals surface area contributed by atoms with Crippen LogP contribution in [-0.2, 0) is 20.7 Å². The highest BCUT2D eigenvalue weighted by Crippen LogP contribution is 2.27. The number of anilines is 1. The Kier molecular flexibility index (Phi) is 4.13. The van der Waals surface area contributed by atoms with Crippen LogP contribution >= 0.6 is 0 Å². The monoisotopic (exact) mass is 303 g/mol. The minimum Gasteiger partial charge on any atom is -0.375 e. The number of carbonyl (C=O) groups is 2. The van der Waals surface area contributed by atoms with Gasteiger partial charge >= 0.3 is 0 Å². The number of morpholine rings is 1. The Bertz CT molecular complexity index is 590. The first kappa shape index (κ1) is 15.0. The fraction of sp³-hybridized carbons (Fsp3) is 0.500. The third-order valence-corrected chi connectivity index (χ3v) is 4.42. The molecule has 1 aromatic carbocycles. The van der Waals surface area contributed by atoms with Crippen molar-refractivity contribution in [1.82, 2.24) is 4.90 Å². The fourth-order valence-corrected chi connectivity index (χ4v) is 3.33. The van der Waals surface area contributed by atoms with Crippen LogP contribution in [0.15, 0.2) is 24.3 Å². The molecule has 22 heavy (non-hydrogen) atoms. The molecular formula is C16H21N3O3. The number of ether oxygens (including phenoxy) is 1. The van der Waals surface area contributed by atoms with E-state index in [1.54, 1.807) is 4.90 Å². The lowest BCUT2D eigenvalue weighted by atomic mass is 10.1. The van der Waals surface area contributed by atoms with Gasteiger partial charge in [0.1, 0.15) is 6.04 Å². The van der Waals surface area contributed by atoms with E-state index in [-0.39, 0.29) is 18.6 Å². The Labute approximate surface area is 129 Å². The maximum Gasteiger partial charge on any atom is 0.241 e. The highest BCUT2D eigenvalue weighted by molar-refractivity contribution is 5.97. The average Bonchev–Trinajstić information content (AvgIpc) is 2.90. The van der Waals surface area contributed by atoms with Crippen LogP contribution < -0.4 is 10.6 Å². The highest BCUT2D eigenvalue weighted by atomic mass is 16.5. The number of nitrogens with zero attached hydrogens (tertiary/aromatic N) is 2. The lowest BCUT2D eigenvalue weighted by Gasteiger charge is -2.38. The molecule has 2 atom stereocenters. The van der Waals surface area contributed by atoms with Crippen molar-refractivity contribution in [2.75, 3.05) is 31.1 Å². The number of carbonyl (C=O) groups excluding carboxylic acids is 2. The number of amides is 2. The van der Waals surface area contributed by atoms with E-state index in [0.717, 1.165) is 12.1 Å². The summed E-state index contributed by atoms with van der Waals surface area (Å²) in [5.74, 6) is -0.438. The lowest BCUT2D eigenvalue weighted by molar-refractivity contribution is -0.138. The van der Waals surface area contributed by atoms with Gasteiger partial charge in [-0.05, 0) is 25.0 Å². The van der Waals surface area contributed by atoms with Crippen molar-refractivity contribution in [3.63, 3.8) is 0 Å². The molecule has 0 unspecified atom stereocenters. The Morgan fingerprint density at radius 2 is 2.09 bits per heavy atom. The van der Waals surface area contributed by atoms with Gasteiger partial charge in [-0.1, -0.05) is 18.2 Å². The van der Waals surface area contributed by atoms with E-state index in [2.05, 4.69) is 0 Å². The van der Waals surface area contributed by atoms with E-state index in [0.29, 0.717) is 19.7 Å². The third-order valence-electron chi connectivity index (χ3n) is 4.42. The summed E-state index contributed by atoms with van der Waals surface area (Å²) in [5.41, 5.74) is 7.64. The first-order chi connectivity index (χ1) is 10.6. The van der Waals surface area contributed by atoms with Crippen LogP contribution in [0.4, 0.5) is 5.69 Å². The lowest BCUT2D eigenvalue weighted by Crippen LogP contribution is -2.58. The largest absolute Gasteiger partial charge is 0.375 e. The second-order valence-corrected chi connectivity index (χ2v) is 5.82. The normalized spacial score (nSPS) is 25.0. The number of primary amides is 1.